The molecule has 0 atom stereocenters. The van der Waals surface area contributed by atoms with Gasteiger partial charge in [0.1, 0.15) is 5.00 Å². The molecule has 0 aliphatic heterocycles. The van der Waals surface area contributed by atoms with Crippen molar-refractivity contribution in [2.24, 2.45) is 0 Å². The Hall–Kier alpha value is -2.86. The third-order valence-electron chi connectivity index (χ3n) is 3.34. The molecule has 2 N–H and O–H groups in total. The van der Waals surface area contributed by atoms with E-state index in [1.165, 1.54) is 11.3 Å². The molecule has 2 aromatic heterocycles. The van der Waals surface area contributed by atoms with E-state index < -0.39 is 5.97 Å². The summed E-state index contributed by atoms with van der Waals surface area (Å²) in [5.41, 5.74) is 1.54. The van der Waals surface area contributed by atoms with Gasteiger partial charge in [0, 0.05) is 28.5 Å². The van der Waals surface area contributed by atoms with Crippen LogP contribution in [0.25, 0.3) is 5.69 Å². The number of aromatic nitrogens is 1. The van der Waals surface area contributed by atoms with Gasteiger partial charge in [-0.25, -0.2) is 4.79 Å². The largest absolute Gasteiger partial charge is 0.478 e. The third kappa shape index (κ3) is 3.17. The van der Waals surface area contributed by atoms with Crippen molar-refractivity contribution in [1.29, 1.82) is 0 Å². The lowest BCUT2D eigenvalue weighted by Crippen LogP contribution is -2.13. The summed E-state index contributed by atoms with van der Waals surface area (Å²) in [4.78, 5) is 24.3. The van der Waals surface area contributed by atoms with Gasteiger partial charge in [0.2, 0.25) is 0 Å². The van der Waals surface area contributed by atoms with Crippen molar-refractivity contribution < 1.29 is 14.7 Å². The van der Waals surface area contributed by atoms with Crippen molar-refractivity contribution in [1.82, 2.24) is 4.57 Å². The van der Waals surface area contributed by atoms with Crippen molar-refractivity contribution in [2.75, 3.05) is 5.32 Å². The number of aromatic carboxylic acids is 1. The topological polar surface area (TPSA) is 71.3 Å². The fourth-order valence-corrected chi connectivity index (χ4v) is 3.13. The number of benzene rings is 1. The van der Waals surface area contributed by atoms with E-state index in [1.54, 1.807) is 25.1 Å². The van der Waals surface area contributed by atoms with Gasteiger partial charge in [-0.05, 0) is 49.4 Å². The summed E-state index contributed by atoms with van der Waals surface area (Å²) in [5.74, 6) is -1.37. The van der Waals surface area contributed by atoms with Gasteiger partial charge in [-0.1, -0.05) is 0 Å². The van der Waals surface area contributed by atoms with Crippen molar-refractivity contribution in [3.63, 3.8) is 0 Å². The van der Waals surface area contributed by atoms with E-state index in [4.69, 9.17) is 5.11 Å². The van der Waals surface area contributed by atoms with E-state index in [9.17, 15) is 9.59 Å². The van der Waals surface area contributed by atoms with Crippen LogP contribution in [-0.2, 0) is 0 Å². The first kappa shape index (κ1) is 15.1. The third-order valence-corrected chi connectivity index (χ3v) is 4.31. The summed E-state index contributed by atoms with van der Waals surface area (Å²) in [6.07, 6.45) is 3.84. The Labute approximate surface area is 136 Å². The van der Waals surface area contributed by atoms with Crippen LogP contribution in [0.4, 0.5) is 5.00 Å². The second-order valence-electron chi connectivity index (χ2n) is 5.00. The van der Waals surface area contributed by atoms with E-state index in [2.05, 4.69) is 5.32 Å². The highest BCUT2D eigenvalue weighted by Crippen LogP contribution is 2.28. The Morgan fingerprint density at radius 2 is 1.78 bits per heavy atom. The van der Waals surface area contributed by atoms with Gasteiger partial charge >= 0.3 is 5.97 Å². The molecule has 5 nitrogen and oxygen atoms in total. The molecular formula is C17H14N2O3S. The fourth-order valence-electron chi connectivity index (χ4n) is 2.23. The zero-order chi connectivity index (χ0) is 16.4. The number of nitrogens with one attached hydrogen (secondary N) is 1. The van der Waals surface area contributed by atoms with Crippen molar-refractivity contribution in [2.45, 2.75) is 6.92 Å². The number of hydrogen-bond donors (Lipinski definition) is 2. The van der Waals surface area contributed by atoms with Gasteiger partial charge in [0.15, 0.2) is 0 Å². The van der Waals surface area contributed by atoms with E-state index in [1.807, 2.05) is 41.2 Å². The highest BCUT2D eigenvalue weighted by Gasteiger charge is 2.16. The maximum Gasteiger partial charge on any atom is 0.338 e. The highest BCUT2D eigenvalue weighted by molar-refractivity contribution is 7.16. The standard InChI is InChI=1S/C17H14N2O3S/c1-11-10-14(17(21)22)16(23-11)18-15(20)12-4-6-13(7-5-12)19-8-2-3-9-19/h2-10H,1H3,(H,18,20)(H,21,22). The number of hydrogen-bond acceptors (Lipinski definition) is 3. The minimum absolute atomic E-state index is 0.116. The van der Waals surface area contributed by atoms with Crippen molar-refractivity contribution in [3.05, 3.63) is 70.9 Å². The predicted molar refractivity (Wildman–Crippen MR) is 89.7 cm³/mol. The van der Waals surface area contributed by atoms with Crippen LogP contribution in [0.1, 0.15) is 25.6 Å². The molecule has 0 fully saturated rings. The lowest BCUT2D eigenvalue weighted by atomic mass is 10.2. The molecule has 0 aliphatic rings. The molecule has 0 saturated heterocycles. The van der Waals surface area contributed by atoms with E-state index >= 15 is 0 Å². The molecule has 0 saturated carbocycles. The average Bonchev–Trinajstić information content (AvgIpc) is 3.17. The van der Waals surface area contributed by atoms with E-state index in [-0.39, 0.29) is 11.5 Å². The minimum Gasteiger partial charge on any atom is -0.478 e. The number of amides is 1. The minimum atomic E-state index is -1.05. The SMILES string of the molecule is Cc1cc(C(=O)O)c(NC(=O)c2ccc(-n3cccc3)cc2)s1. The maximum atomic E-state index is 12.3. The molecule has 0 bridgehead atoms. The van der Waals surface area contributed by atoms with Gasteiger partial charge in [0.25, 0.3) is 5.91 Å². The molecule has 23 heavy (non-hydrogen) atoms. The van der Waals surface area contributed by atoms with Gasteiger partial charge < -0.3 is 15.0 Å². The zero-order valence-corrected chi connectivity index (χ0v) is 13.1. The van der Waals surface area contributed by atoms with E-state index in [0.29, 0.717) is 10.6 Å². The summed E-state index contributed by atoms with van der Waals surface area (Å²) in [5, 5.41) is 12.2. The number of rotatable bonds is 4. The van der Waals surface area contributed by atoms with Gasteiger partial charge in [-0.3, -0.25) is 4.79 Å². The van der Waals surface area contributed by atoms with Crippen LogP contribution in [0.5, 0.6) is 0 Å². The van der Waals surface area contributed by atoms with Gasteiger partial charge in [-0.15, -0.1) is 11.3 Å². The molecular weight excluding hydrogens is 312 g/mol. The molecule has 116 valence electrons. The molecule has 0 radical (unpaired) electrons. The molecule has 3 aromatic rings. The Morgan fingerprint density at radius 3 is 2.39 bits per heavy atom. The molecule has 1 amide bonds. The summed E-state index contributed by atoms with van der Waals surface area (Å²) < 4.78 is 1.94. The first-order valence-corrected chi connectivity index (χ1v) is 7.75. The summed E-state index contributed by atoms with van der Waals surface area (Å²) in [6, 6.07) is 12.5. The van der Waals surface area contributed by atoms with Crippen LogP contribution in [0.3, 0.4) is 0 Å². The number of aryl methyl sites for hydroxylation is 1. The lowest BCUT2D eigenvalue weighted by Gasteiger charge is -2.06. The van der Waals surface area contributed by atoms with Crippen LogP contribution in [0, 0.1) is 6.92 Å². The first-order chi connectivity index (χ1) is 11.0. The van der Waals surface area contributed by atoms with Gasteiger partial charge in [0.05, 0.1) is 5.56 Å². The Balaban J connectivity index is 1.80. The van der Waals surface area contributed by atoms with Crippen LogP contribution in [-0.4, -0.2) is 21.6 Å². The average molecular weight is 326 g/mol. The quantitative estimate of drug-likeness (QED) is 0.766. The Bertz CT molecular complexity index is 849. The molecule has 0 aliphatic carbocycles. The lowest BCUT2D eigenvalue weighted by molar-refractivity contribution is 0.0698. The summed E-state index contributed by atoms with van der Waals surface area (Å²) in [6.45, 7) is 1.80. The second kappa shape index (κ2) is 6.10. The van der Waals surface area contributed by atoms with Crippen molar-refractivity contribution in [3.8, 4) is 5.69 Å². The van der Waals surface area contributed by atoms with Crippen LogP contribution >= 0.6 is 11.3 Å². The molecule has 6 heteroatoms. The number of carbonyl (C=O) groups is 2. The monoisotopic (exact) mass is 326 g/mol. The summed E-state index contributed by atoms with van der Waals surface area (Å²) in [7, 11) is 0. The number of carbonyl (C=O) groups excluding carboxylic acids is 1. The smallest absolute Gasteiger partial charge is 0.338 e. The number of carboxylic acids is 1. The fraction of sp³-hybridized carbons (Fsp3) is 0.0588. The van der Waals surface area contributed by atoms with Crippen LogP contribution in [0.2, 0.25) is 0 Å². The Morgan fingerprint density at radius 1 is 1.13 bits per heavy atom. The molecule has 0 unspecified atom stereocenters. The van der Waals surface area contributed by atoms with Crippen LogP contribution in [0.15, 0.2) is 54.9 Å². The molecule has 2 heterocycles. The number of thiophene rings is 1. The highest BCUT2D eigenvalue weighted by atomic mass is 32.1. The first-order valence-electron chi connectivity index (χ1n) is 6.93. The molecule has 0 spiro atoms. The normalized spacial score (nSPS) is 10.5. The van der Waals surface area contributed by atoms with E-state index in [0.717, 1.165) is 10.6 Å². The maximum absolute atomic E-state index is 12.3. The van der Waals surface area contributed by atoms with Gasteiger partial charge in [-0.2, -0.15) is 0 Å². The number of carboxylic acid groups (broad SMARTS) is 1. The predicted octanol–water partition coefficient (Wildman–Crippen LogP) is 3.80. The number of nitrogens with zero attached hydrogens (tertiary/aromatic N) is 1. The van der Waals surface area contributed by atoms with Crippen LogP contribution < -0.4 is 5.32 Å². The summed E-state index contributed by atoms with van der Waals surface area (Å²) >= 11 is 1.25. The van der Waals surface area contributed by atoms with Crippen molar-refractivity contribution >= 4 is 28.2 Å². The second-order valence-corrected chi connectivity index (χ2v) is 6.25. The number of anilines is 1. The zero-order valence-electron chi connectivity index (χ0n) is 12.3. The molecule has 1 aromatic carbocycles. The molecule has 3 rings (SSSR count). The Kier molecular flexibility index (Phi) is 3.99.